The van der Waals surface area contributed by atoms with Crippen molar-refractivity contribution in [2.45, 2.75) is 65.1 Å². The van der Waals surface area contributed by atoms with Crippen molar-refractivity contribution in [3.63, 3.8) is 0 Å². The van der Waals surface area contributed by atoms with E-state index < -0.39 is 6.17 Å². The molecule has 1 saturated carbocycles. The molecule has 1 nitrogen and oxygen atoms in total. The summed E-state index contributed by atoms with van der Waals surface area (Å²) in [6.07, 6.45) is 4.94. The molecule has 1 aliphatic heterocycles. The second-order valence-electron chi connectivity index (χ2n) is 6.54. The van der Waals surface area contributed by atoms with E-state index in [4.69, 9.17) is 0 Å². The van der Waals surface area contributed by atoms with Gasteiger partial charge in [-0.05, 0) is 43.4 Å². The van der Waals surface area contributed by atoms with Gasteiger partial charge in [-0.25, -0.2) is 4.39 Å². The molecule has 2 heteroatoms. The van der Waals surface area contributed by atoms with Crippen molar-refractivity contribution in [2.75, 3.05) is 13.1 Å². The second-order valence-corrected chi connectivity index (χ2v) is 6.54. The molecular weight excluding hydrogens is 201 g/mol. The predicted octanol–water partition coefficient (Wildman–Crippen LogP) is 3.64. The Morgan fingerprint density at radius 1 is 1.06 bits per heavy atom. The fourth-order valence-corrected chi connectivity index (χ4v) is 3.29. The number of alkyl halides is 1. The normalized spacial score (nSPS) is 37.5. The highest BCUT2D eigenvalue weighted by Gasteiger charge is 2.37. The summed E-state index contributed by atoms with van der Waals surface area (Å²) >= 11 is 0. The van der Waals surface area contributed by atoms with Gasteiger partial charge in [-0.1, -0.05) is 20.8 Å². The van der Waals surface area contributed by atoms with Crippen molar-refractivity contribution in [1.82, 2.24) is 4.90 Å². The molecule has 16 heavy (non-hydrogen) atoms. The summed E-state index contributed by atoms with van der Waals surface area (Å²) in [7, 11) is 0. The highest BCUT2D eigenvalue weighted by atomic mass is 19.1. The van der Waals surface area contributed by atoms with E-state index in [9.17, 15) is 4.39 Å². The number of hydrogen-bond acceptors (Lipinski definition) is 1. The molecule has 0 aromatic rings. The molecule has 2 atom stereocenters. The molecule has 0 radical (unpaired) electrons. The number of rotatable bonds is 1. The zero-order chi connectivity index (χ0) is 11.8. The SMILES string of the molecule is CC1CC[C@H](N2CCC(F)CC2)CC1(C)C. The maximum Gasteiger partial charge on any atom is 0.103 e. The van der Waals surface area contributed by atoms with E-state index in [1.165, 1.54) is 19.3 Å². The van der Waals surface area contributed by atoms with Crippen LogP contribution in [0.4, 0.5) is 4.39 Å². The molecule has 1 aliphatic carbocycles. The van der Waals surface area contributed by atoms with Crippen LogP contribution in [0.15, 0.2) is 0 Å². The van der Waals surface area contributed by atoms with Crippen molar-refractivity contribution < 1.29 is 4.39 Å². The van der Waals surface area contributed by atoms with E-state index in [0.29, 0.717) is 5.41 Å². The zero-order valence-electron chi connectivity index (χ0n) is 11.0. The van der Waals surface area contributed by atoms with Gasteiger partial charge < -0.3 is 4.90 Å². The smallest absolute Gasteiger partial charge is 0.103 e. The van der Waals surface area contributed by atoms with Gasteiger partial charge >= 0.3 is 0 Å². The van der Waals surface area contributed by atoms with Gasteiger partial charge in [-0.15, -0.1) is 0 Å². The molecule has 2 rings (SSSR count). The Bertz CT molecular complexity index is 231. The van der Waals surface area contributed by atoms with E-state index in [0.717, 1.165) is 37.9 Å². The van der Waals surface area contributed by atoms with Gasteiger partial charge in [0.1, 0.15) is 6.17 Å². The van der Waals surface area contributed by atoms with Gasteiger partial charge in [0.05, 0.1) is 0 Å². The first-order valence-electron chi connectivity index (χ1n) is 6.87. The largest absolute Gasteiger partial charge is 0.300 e. The zero-order valence-corrected chi connectivity index (χ0v) is 11.0. The summed E-state index contributed by atoms with van der Waals surface area (Å²) in [4.78, 5) is 2.55. The third-order valence-electron chi connectivity index (χ3n) is 5.00. The monoisotopic (exact) mass is 227 g/mol. The molecule has 2 fully saturated rings. The van der Waals surface area contributed by atoms with E-state index >= 15 is 0 Å². The van der Waals surface area contributed by atoms with Crippen LogP contribution in [-0.2, 0) is 0 Å². The summed E-state index contributed by atoms with van der Waals surface area (Å²) in [5.41, 5.74) is 0.468. The summed E-state index contributed by atoms with van der Waals surface area (Å²) in [6.45, 7) is 9.13. The summed E-state index contributed by atoms with van der Waals surface area (Å²) in [6, 6.07) is 0.721. The van der Waals surface area contributed by atoms with Crippen LogP contribution in [0.2, 0.25) is 0 Å². The molecular formula is C14H26FN. The molecule has 0 spiro atoms. The van der Waals surface area contributed by atoms with Crippen LogP contribution < -0.4 is 0 Å². The molecule has 1 unspecified atom stereocenters. The Morgan fingerprint density at radius 2 is 1.69 bits per heavy atom. The van der Waals surface area contributed by atoms with Crippen molar-refractivity contribution in [1.29, 1.82) is 0 Å². The topological polar surface area (TPSA) is 3.24 Å². The van der Waals surface area contributed by atoms with Gasteiger partial charge in [-0.3, -0.25) is 0 Å². The second kappa shape index (κ2) is 4.64. The Morgan fingerprint density at radius 3 is 2.25 bits per heavy atom. The molecule has 94 valence electrons. The van der Waals surface area contributed by atoms with E-state index in [1.54, 1.807) is 0 Å². The van der Waals surface area contributed by atoms with Crippen LogP contribution >= 0.6 is 0 Å². The van der Waals surface area contributed by atoms with E-state index in [1.807, 2.05) is 0 Å². The molecule has 1 saturated heterocycles. The fraction of sp³-hybridized carbons (Fsp3) is 1.00. The predicted molar refractivity (Wildman–Crippen MR) is 66.3 cm³/mol. The van der Waals surface area contributed by atoms with Crippen LogP contribution in [0.25, 0.3) is 0 Å². The summed E-state index contributed by atoms with van der Waals surface area (Å²) < 4.78 is 13.1. The number of nitrogens with zero attached hydrogens (tertiary/aromatic N) is 1. The highest BCUT2D eigenvalue weighted by molar-refractivity contribution is 4.90. The molecule has 0 amide bonds. The maximum absolute atomic E-state index is 13.1. The minimum absolute atomic E-state index is 0.468. The van der Waals surface area contributed by atoms with Gasteiger partial charge in [-0.2, -0.15) is 0 Å². The molecule has 0 N–H and O–H groups in total. The minimum Gasteiger partial charge on any atom is -0.300 e. The average Bonchev–Trinajstić information content (AvgIpc) is 2.23. The Labute approximate surface area is 99.4 Å². The Hall–Kier alpha value is -0.110. The fourth-order valence-electron chi connectivity index (χ4n) is 3.29. The lowest BCUT2D eigenvalue weighted by Gasteiger charge is -2.46. The Balaban J connectivity index is 1.91. The third-order valence-corrected chi connectivity index (χ3v) is 5.00. The van der Waals surface area contributed by atoms with E-state index in [-0.39, 0.29) is 0 Å². The maximum atomic E-state index is 13.1. The minimum atomic E-state index is -0.535. The van der Waals surface area contributed by atoms with Gasteiger partial charge in [0.15, 0.2) is 0 Å². The van der Waals surface area contributed by atoms with Crippen LogP contribution in [0.3, 0.4) is 0 Å². The van der Waals surface area contributed by atoms with Crippen LogP contribution in [0.5, 0.6) is 0 Å². The number of halogens is 1. The van der Waals surface area contributed by atoms with Crippen LogP contribution in [0, 0.1) is 11.3 Å². The first-order valence-corrected chi connectivity index (χ1v) is 6.87. The third kappa shape index (κ3) is 2.58. The number of hydrogen-bond donors (Lipinski definition) is 0. The van der Waals surface area contributed by atoms with Gasteiger partial charge in [0.2, 0.25) is 0 Å². The summed E-state index contributed by atoms with van der Waals surface area (Å²) in [5, 5.41) is 0. The van der Waals surface area contributed by atoms with Crippen molar-refractivity contribution in [3.8, 4) is 0 Å². The molecule has 2 aliphatic rings. The summed E-state index contributed by atoms with van der Waals surface area (Å²) in [5.74, 6) is 0.836. The molecule has 0 aromatic carbocycles. The highest BCUT2D eigenvalue weighted by Crippen LogP contribution is 2.42. The first kappa shape index (κ1) is 12.3. The van der Waals surface area contributed by atoms with Gasteiger partial charge in [0, 0.05) is 19.1 Å². The number of likely N-dealkylation sites (tertiary alicyclic amines) is 1. The van der Waals surface area contributed by atoms with E-state index in [2.05, 4.69) is 25.7 Å². The van der Waals surface area contributed by atoms with Crippen molar-refractivity contribution >= 4 is 0 Å². The van der Waals surface area contributed by atoms with Crippen molar-refractivity contribution in [2.24, 2.45) is 11.3 Å². The van der Waals surface area contributed by atoms with Gasteiger partial charge in [0.25, 0.3) is 0 Å². The molecule has 0 aromatic heterocycles. The Kier molecular flexibility index (Phi) is 3.58. The number of piperidine rings is 1. The lowest BCUT2D eigenvalue weighted by molar-refractivity contribution is 0.0314. The van der Waals surface area contributed by atoms with Crippen LogP contribution in [-0.4, -0.2) is 30.2 Å². The lowest BCUT2D eigenvalue weighted by atomic mass is 9.67. The molecule has 0 bridgehead atoms. The lowest BCUT2D eigenvalue weighted by Crippen LogP contribution is -2.47. The quantitative estimate of drug-likeness (QED) is 0.661. The van der Waals surface area contributed by atoms with Crippen molar-refractivity contribution in [3.05, 3.63) is 0 Å². The molecule has 1 heterocycles. The van der Waals surface area contributed by atoms with Crippen LogP contribution in [0.1, 0.15) is 52.9 Å². The first-order chi connectivity index (χ1) is 7.49. The standard InChI is InChI=1S/C14H26FN/c1-11-4-5-13(10-14(11,2)3)16-8-6-12(15)7-9-16/h11-13H,4-10H2,1-3H3/t11?,13-/m0/s1. The average molecular weight is 227 g/mol.